The maximum absolute atomic E-state index is 11.7. The fourth-order valence-electron chi connectivity index (χ4n) is 5.11. The van der Waals surface area contributed by atoms with Crippen LogP contribution in [0.5, 0.6) is 0 Å². The van der Waals surface area contributed by atoms with Gasteiger partial charge in [-0.05, 0) is 55.4 Å². The number of pyridine rings is 1. The molecule has 174 valence electrons. The minimum absolute atomic E-state index is 0.0769. The standard InChI is InChI=1S/C28H31N5O/c1-2-24(34)19-32-16-13-23(14-17-32)33-25-12-15-30-28(29)26(25)27(31-33)22-10-8-21(9-11-22)18-20-6-4-3-5-7-20/h2-8,10,12,15,23H,1,9,11,13-14,16-19H2,(H2,29,30). The predicted molar refractivity (Wildman–Crippen MR) is 137 cm³/mol. The van der Waals surface area contributed by atoms with Crippen molar-refractivity contribution in [3.8, 4) is 0 Å². The molecule has 1 aromatic carbocycles. The number of rotatable bonds is 7. The van der Waals surface area contributed by atoms with E-state index in [1.807, 2.05) is 6.07 Å². The number of nitrogens with zero attached hydrogens (tertiary/aromatic N) is 4. The van der Waals surface area contributed by atoms with Crippen molar-refractivity contribution in [1.82, 2.24) is 19.7 Å². The van der Waals surface area contributed by atoms with E-state index in [-0.39, 0.29) is 11.8 Å². The van der Waals surface area contributed by atoms with Gasteiger partial charge in [-0.15, -0.1) is 0 Å². The highest BCUT2D eigenvalue weighted by atomic mass is 16.1. The third-order valence-corrected chi connectivity index (χ3v) is 6.97. The van der Waals surface area contributed by atoms with Gasteiger partial charge in [-0.25, -0.2) is 4.98 Å². The lowest BCUT2D eigenvalue weighted by atomic mass is 9.91. The van der Waals surface area contributed by atoms with Crippen LogP contribution < -0.4 is 5.73 Å². The number of anilines is 1. The first-order valence-corrected chi connectivity index (χ1v) is 12.1. The topological polar surface area (TPSA) is 77.0 Å². The Bertz CT molecular complexity index is 1260. The van der Waals surface area contributed by atoms with E-state index in [2.05, 4.69) is 63.6 Å². The third kappa shape index (κ3) is 4.59. The number of carbonyl (C=O) groups excluding carboxylic acids is 1. The summed E-state index contributed by atoms with van der Waals surface area (Å²) >= 11 is 0. The SMILES string of the molecule is C=CC(=O)CN1CCC(n2nc(C3=CC=C(Cc4ccccc4)CC3)c3c(N)nccc32)CC1. The summed E-state index contributed by atoms with van der Waals surface area (Å²) in [5.74, 6) is 0.612. The average molecular weight is 454 g/mol. The summed E-state index contributed by atoms with van der Waals surface area (Å²) in [6.07, 6.45) is 12.5. The van der Waals surface area contributed by atoms with Crippen LogP contribution in [0.1, 0.15) is 43.0 Å². The largest absolute Gasteiger partial charge is 0.383 e. The molecule has 34 heavy (non-hydrogen) atoms. The zero-order valence-corrected chi connectivity index (χ0v) is 19.5. The van der Waals surface area contributed by atoms with Crippen LogP contribution in [0.3, 0.4) is 0 Å². The van der Waals surface area contributed by atoms with Crippen LogP contribution in [0.2, 0.25) is 0 Å². The molecule has 1 fully saturated rings. The molecule has 5 rings (SSSR count). The molecule has 6 heteroatoms. The number of benzene rings is 1. The lowest BCUT2D eigenvalue weighted by molar-refractivity contribution is -0.116. The van der Waals surface area contributed by atoms with E-state index >= 15 is 0 Å². The highest BCUT2D eigenvalue weighted by molar-refractivity contribution is 5.98. The zero-order valence-electron chi connectivity index (χ0n) is 19.5. The summed E-state index contributed by atoms with van der Waals surface area (Å²) in [4.78, 5) is 18.3. The Balaban J connectivity index is 1.40. The lowest BCUT2D eigenvalue weighted by Crippen LogP contribution is -2.37. The van der Waals surface area contributed by atoms with Gasteiger partial charge in [-0.3, -0.25) is 14.4 Å². The second-order valence-corrected chi connectivity index (χ2v) is 9.24. The number of nitrogen functional groups attached to an aromatic ring is 1. The Labute approximate surface area is 200 Å². The summed E-state index contributed by atoms with van der Waals surface area (Å²) in [6.45, 7) is 5.77. The van der Waals surface area contributed by atoms with Gasteiger partial charge in [0.05, 0.1) is 29.2 Å². The Morgan fingerprint density at radius 1 is 1.12 bits per heavy atom. The van der Waals surface area contributed by atoms with E-state index in [9.17, 15) is 4.79 Å². The molecule has 2 aliphatic rings. The minimum Gasteiger partial charge on any atom is -0.383 e. The molecule has 0 atom stereocenters. The Morgan fingerprint density at radius 3 is 2.62 bits per heavy atom. The molecule has 1 aliphatic carbocycles. The molecule has 6 nitrogen and oxygen atoms in total. The van der Waals surface area contributed by atoms with E-state index in [4.69, 9.17) is 10.8 Å². The summed E-state index contributed by atoms with van der Waals surface area (Å²) in [6, 6.07) is 12.9. The molecule has 0 unspecified atom stereocenters. The molecule has 0 spiro atoms. The van der Waals surface area contributed by atoms with E-state index in [0.29, 0.717) is 12.4 Å². The number of aromatic nitrogens is 3. The first-order valence-electron chi connectivity index (χ1n) is 12.1. The van der Waals surface area contributed by atoms with Gasteiger partial charge in [0, 0.05) is 19.3 Å². The second-order valence-electron chi connectivity index (χ2n) is 9.24. The van der Waals surface area contributed by atoms with E-state index in [0.717, 1.165) is 61.8 Å². The third-order valence-electron chi connectivity index (χ3n) is 6.97. The van der Waals surface area contributed by atoms with Gasteiger partial charge in [0.15, 0.2) is 5.78 Å². The summed E-state index contributed by atoms with van der Waals surface area (Å²) in [5.41, 5.74) is 12.4. The van der Waals surface area contributed by atoms with Crippen molar-refractivity contribution in [3.63, 3.8) is 0 Å². The number of nitrogens with two attached hydrogens (primary N) is 1. The molecular formula is C28H31N5O. The maximum atomic E-state index is 11.7. The smallest absolute Gasteiger partial charge is 0.169 e. The highest BCUT2D eigenvalue weighted by Gasteiger charge is 2.26. The summed E-state index contributed by atoms with van der Waals surface area (Å²) in [7, 11) is 0. The van der Waals surface area contributed by atoms with Crippen LogP contribution >= 0.6 is 0 Å². The van der Waals surface area contributed by atoms with Gasteiger partial charge >= 0.3 is 0 Å². The zero-order chi connectivity index (χ0) is 23.5. The normalized spacial score (nSPS) is 17.4. The van der Waals surface area contributed by atoms with Crippen LogP contribution in [0, 0.1) is 0 Å². The van der Waals surface area contributed by atoms with E-state index < -0.39 is 0 Å². The van der Waals surface area contributed by atoms with Crippen LogP contribution in [0.4, 0.5) is 5.82 Å². The van der Waals surface area contributed by atoms with E-state index in [1.54, 1.807) is 6.20 Å². The average Bonchev–Trinajstić information content (AvgIpc) is 3.26. The van der Waals surface area contributed by atoms with Crippen molar-refractivity contribution in [3.05, 3.63) is 84.2 Å². The van der Waals surface area contributed by atoms with Crippen LogP contribution in [-0.4, -0.2) is 45.1 Å². The number of allylic oxidation sites excluding steroid dienone is 4. The summed E-state index contributed by atoms with van der Waals surface area (Å²) < 4.78 is 2.15. The Hall–Kier alpha value is -3.51. The second kappa shape index (κ2) is 9.77. The molecule has 0 bridgehead atoms. The first-order chi connectivity index (χ1) is 16.6. The highest BCUT2D eigenvalue weighted by Crippen LogP contribution is 2.36. The number of hydrogen-bond acceptors (Lipinski definition) is 5. The number of carbonyl (C=O) groups is 1. The molecule has 3 heterocycles. The first kappa shape index (κ1) is 22.3. The van der Waals surface area contributed by atoms with Crippen LogP contribution in [-0.2, 0) is 11.2 Å². The van der Waals surface area contributed by atoms with Crippen molar-refractivity contribution in [2.75, 3.05) is 25.4 Å². The fraction of sp³-hybridized carbons (Fsp3) is 0.321. The summed E-state index contributed by atoms with van der Waals surface area (Å²) in [5, 5.41) is 6.06. The van der Waals surface area contributed by atoms with Gasteiger partial charge in [0.1, 0.15) is 5.82 Å². The molecular weight excluding hydrogens is 422 g/mol. The van der Waals surface area contributed by atoms with Gasteiger partial charge in [-0.1, -0.05) is 54.6 Å². The monoisotopic (exact) mass is 453 g/mol. The quantitative estimate of drug-likeness (QED) is 0.522. The van der Waals surface area contributed by atoms with Crippen molar-refractivity contribution in [2.45, 2.75) is 38.1 Å². The van der Waals surface area contributed by atoms with Gasteiger partial charge in [0.2, 0.25) is 0 Å². The predicted octanol–water partition coefficient (Wildman–Crippen LogP) is 4.75. The van der Waals surface area contributed by atoms with Crippen LogP contribution in [0.15, 0.2) is 73.0 Å². The molecule has 1 aliphatic heterocycles. The Kier molecular flexibility index (Phi) is 6.41. The molecule has 1 saturated heterocycles. The van der Waals surface area contributed by atoms with E-state index in [1.165, 1.54) is 22.8 Å². The molecule has 2 aromatic heterocycles. The fourth-order valence-corrected chi connectivity index (χ4v) is 5.11. The number of likely N-dealkylation sites (tertiary alicyclic amines) is 1. The van der Waals surface area contributed by atoms with Gasteiger partial charge in [0.25, 0.3) is 0 Å². The number of piperidine rings is 1. The van der Waals surface area contributed by atoms with Crippen molar-refractivity contribution in [1.29, 1.82) is 0 Å². The maximum Gasteiger partial charge on any atom is 0.169 e. The molecule has 2 N–H and O–H groups in total. The minimum atomic E-state index is 0.0769. The van der Waals surface area contributed by atoms with Crippen molar-refractivity contribution in [2.24, 2.45) is 0 Å². The van der Waals surface area contributed by atoms with Crippen molar-refractivity contribution >= 4 is 28.1 Å². The number of ketones is 1. The van der Waals surface area contributed by atoms with Crippen molar-refractivity contribution < 1.29 is 4.79 Å². The molecule has 0 saturated carbocycles. The molecule has 0 amide bonds. The lowest BCUT2D eigenvalue weighted by Gasteiger charge is -2.31. The molecule has 0 radical (unpaired) electrons. The number of hydrogen-bond donors (Lipinski definition) is 1. The van der Waals surface area contributed by atoms with Gasteiger partial charge in [-0.2, -0.15) is 5.10 Å². The Morgan fingerprint density at radius 2 is 1.91 bits per heavy atom. The molecule has 3 aromatic rings. The van der Waals surface area contributed by atoms with Crippen LogP contribution in [0.25, 0.3) is 16.5 Å². The van der Waals surface area contributed by atoms with Gasteiger partial charge < -0.3 is 5.73 Å². The number of fused-ring (bicyclic) bond motifs is 1.